The third-order valence-corrected chi connectivity index (χ3v) is 6.80. The average Bonchev–Trinajstić information content (AvgIpc) is 3.10. The number of benzene rings is 2. The van der Waals surface area contributed by atoms with Crippen LogP contribution in [0.1, 0.15) is 37.3 Å². The Morgan fingerprint density at radius 3 is 2.59 bits per heavy atom. The molecule has 0 saturated carbocycles. The van der Waals surface area contributed by atoms with Crippen LogP contribution in [-0.4, -0.2) is 48.8 Å². The maximum absolute atomic E-state index is 13.2. The number of anilines is 1. The van der Waals surface area contributed by atoms with E-state index in [9.17, 15) is 4.79 Å². The molecule has 0 spiro atoms. The van der Waals surface area contributed by atoms with E-state index in [0.29, 0.717) is 29.8 Å². The van der Waals surface area contributed by atoms with Gasteiger partial charge in [0, 0.05) is 25.4 Å². The molecule has 1 amide bonds. The van der Waals surface area contributed by atoms with Crippen molar-refractivity contribution < 1.29 is 9.53 Å². The van der Waals surface area contributed by atoms with E-state index in [1.54, 1.807) is 4.90 Å². The molecule has 2 aliphatic rings. The van der Waals surface area contributed by atoms with Crippen LogP contribution in [0, 0.1) is 6.92 Å². The van der Waals surface area contributed by atoms with Gasteiger partial charge in [-0.2, -0.15) is 0 Å². The standard InChI is InChI=1S/C26H31N3O2S/c1-3-31-17-16-29-25(30)24(32-26(29)27-22-10-6-4-7-11-22)19-21-12-13-23(18-20(21)2)28-14-8-5-9-15-28/h4,6-7,10-13,18-19H,3,5,8-9,14-17H2,1-2H3/b24-19+,27-26?. The van der Waals surface area contributed by atoms with Crippen molar-refractivity contribution >= 4 is 40.3 Å². The number of nitrogens with zero attached hydrogens (tertiary/aromatic N) is 3. The molecule has 4 rings (SSSR count). The molecule has 0 aliphatic carbocycles. The lowest BCUT2D eigenvalue weighted by Crippen LogP contribution is -2.32. The number of aliphatic imine (C=N–C) groups is 1. The first kappa shape index (κ1) is 22.6. The number of ether oxygens (including phenoxy) is 1. The summed E-state index contributed by atoms with van der Waals surface area (Å²) in [7, 11) is 0. The van der Waals surface area contributed by atoms with Gasteiger partial charge in [0.1, 0.15) is 0 Å². The fourth-order valence-corrected chi connectivity index (χ4v) is 5.03. The monoisotopic (exact) mass is 449 g/mol. The minimum Gasteiger partial charge on any atom is -0.380 e. The number of amidine groups is 1. The number of para-hydroxylation sites is 1. The number of thioether (sulfide) groups is 1. The van der Waals surface area contributed by atoms with E-state index in [1.165, 1.54) is 42.3 Å². The maximum atomic E-state index is 13.2. The molecule has 0 N–H and O–H groups in total. The van der Waals surface area contributed by atoms with E-state index < -0.39 is 0 Å². The summed E-state index contributed by atoms with van der Waals surface area (Å²) in [5.41, 5.74) is 4.38. The Morgan fingerprint density at radius 2 is 1.88 bits per heavy atom. The summed E-state index contributed by atoms with van der Waals surface area (Å²) in [6.45, 7) is 7.95. The number of rotatable bonds is 7. The molecule has 2 heterocycles. The Hall–Kier alpha value is -2.57. The number of piperidine rings is 1. The molecule has 2 fully saturated rings. The summed E-state index contributed by atoms with van der Waals surface area (Å²) < 4.78 is 5.50. The maximum Gasteiger partial charge on any atom is 0.266 e. The van der Waals surface area contributed by atoms with Gasteiger partial charge in [-0.05, 0) is 86.3 Å². The normalized spacial score (nSPS) is 19.4. The molecule has 168 valence electrons. The summed E-state index contributed by atoms with van der Waals surface area (Å²) in [6, 6.07) is 16.3. The van der Waals surface area contributed by atoms with E-state index in [4.69, 9.17) is 9.73 Å². The van der Waals surface area contributed by atoms with Crippen molar-refractivity contribution in [2.24, 2.45) is 4.99 Å². The van der Waals surface area contributed by atoms with Gasteiger partial charge in [0.15, 0.2) is 5.17 Å². The second kappa shape index (κ2) is 10.8. The first-order valence-corrected chi connectivity index (χ1v) is 12.3. The highest BCUT2D eigenvalue weighted by molar-refractivity contribution is 8.18. The largest absolute Gasteiger partial charge is 0.380 e. The number of aryl methyl sites for hydroxylation is 1. The van der Waals surface area contributed by atoms with Crippen molar-refractivity contribution in [1.29, 1.82) is 0 Å². The molecule has 0 aromatic heterocycles. The summed E-state index contributed by atoms with van der Waals surface area (Å²) in [5.74, 6) is -0.0103. The van der Waals surface area contributed by atoms with Crippen LogP contribution in [0.15, 0.2) is 58.4 Å². The zero-order valence-electron chi connectivity index (χ0n) is 18.9. The van der Waals surface area contributed by atoms with Crippen molar-refractivity contribution in [3.05, 3.63) is 64.6 Å². The van der Waals surface area contributed by atoms with E-state index in [2.05, 4.69) is 30.0 Å². The summed E-state index contributed by atoms with van der Waals surface area (Å²) in [5, 5.41) is 0.703. The van der Waals surface area contributed by atoms with Crippen LogP contribution >= 0.6 is 11.8 Å². The number of carbonyl (C=O) groups excluding carboxylic acids is 1. The molecule has 2 saturated heterocycles. The molecular formula is C26H31N3O2S. The van der Waals surface area contributed by atoms with Crippen molar-refractivity contribution in [2.45, 2.75) is 33.1 Å². The van der Waals surface area contributed by atoms with E-state index >= 15 is 0 Å². The minimum absolute atomic E-state index is 0.0103. The van der Waals surface area contributed by atoms with Crippen molar-refractivity contribution in [2.75, 3.05) is 37.7 Å². The molecule has 0 atom stereocenters. The van der Waals surface area contributed by atoms with Gasteiger partial charge in [-0.1, -0.05) is 24.3 Å². The van der Waals surface area contributed by atoms with Gasteiger partial charge >= 0.3 is 0 Å². The van der Waals surface area contributed by atoms with Gasteiger partial charge in [0.2, 0.25) is 0 Å². The minimum atomic E-state index is -0.0103. The third-order valence-electron chi connectivity index (χ3n) is 5.79. The van der Waals surface area contributed by atoms with Crippen LogP contribution in [0.25, 0.3) is 6.08 Å². The fourth-order valence-electron chi connectivity index (χ4n) is 4.01. The predicted octanol–water partition coefficient (Wildman–Crippen LogP) is 5.63. The lowest BCUT2D eigenvalue weighted by atomic mass is 10.0. The van der Waals surface area contributed by atoms with Gasteiger partial charge in [0.05, 0.1) is 23.7 Å². The van der Waals surface area contributed by atoms with Crippen LogP contribution in [0.3, 0.4) is 0 Å². The molecular weight excluding hydrogens is 418 g/mol. The summed E-state index contributed by atoms with van der Waals surface area (Å²) >= 11 is 1.44. The molecule has 5 nitrogen and oxygen atoms in total. The van der Waals surface area contributed by atoms with Crippen LogP contribution in [0.5, 0.6) is 0 Å². The van der Waals surface area contributed by atoms with Crippen LogP contribution in [0.2, 0.25) is 0 Å². The van der Waals surface area contributed by atoms with Crippen molar-refractivity contribution in [1.82, 2.24) is 4.90 Å². The Bertz CT molecular complexity index is 997. The van der Waals surface area contributed by atoms with E-state index in [-0.39, 0.29) is 5.91 Å². The lowest BCUT2D eigenvalue weighted by molar-refractivity contribution is -0.122. The Kier molecular flexibility index (Phi) is 7.66. The molecule has 0 radical (unpaired) electrons. The quantitative estimate of drug-likeness (QED) is 0.406. The highest BCUT2D eigenvalue weighted by atomic mass is 32.2. The third kappa shape index (κ3) is 5.43. The first-order chi connectivity index (χ1) is 15.7. The zero-order chi connectivity index (χ0) is 22.3. The summed E-state index contributed by atoms with van der Waals surface area (Å²) in [6.07, 6.45) is 5.85. The number of hydrogen-bond donors (Lipinski definition) is 0. The molecule has 0 bridgehead atoms. The van der Waals surface area contributed by atoms with E-state index in [1.807, 2.05) is 43.3 Å². The molecule has 2 aromatic rings. The number of amides is 1. The van der Waals surface area contributed by atoms with Gasteiger partial charge < -0.3 is 9.64 Å². The Balaban J connectivity index is 1.58. The summed E-state index contributed by atoms with van der Waals surface area (Å²) in [4.78, 5) is 22.9. The second-order valence-electron chi connectivity index (χ2n) is 8.08. The number of carbonyl (C=O) groups is 1. The smallest absolute Gasteiger partial charge is 0.266 e. The van der Waals surface area contributed by atoms with Crippen molar-refractivity contribution in [3.8, 4) is 0 Å². The van der Waals surface area contributed by atoms with Gasteiger partial charge in [0.25, 0.3) is 5.91 Å². The fraction of sp³-hybridized carbons (Fsp3) is 0.385. The van der Waals surface area contributed by atoms with Crippen LogP contribution in [0.4, 0.5) is 11.4 Å². The Labute approximate surface area is 195 Å². The highest BCUT2D eigenvalue weighted by Crippen LogP contribution is 2.35. The van der Waals surface area contributed by atoms with Gasteiger partial charge in [-0.15, -0.1) is 0 Å². The zero-order valence-corrected chi connectivity index (χ0v) is 19.7. The first-order valence-electron chi connectivity index (χ1n) is 11.4. The van der Waals surface area contributed by atoms with Gasteiger partial charge in [-0.3, -0.25) is 9.69 Å². The van der Waals surface area contributed by atoms with E-state index in [0.717, 1.165) is 24.3 Å². The molecule has 0 unspecified atom stereocenters. The molecule has 2 aliphatic heterocycles. The topological polar surface area (TPSA) is 45.1 Å². The SMILES string of the molecule is CCOCCN1C(=O)/C(=C\c2ccc(N3CCCCC3)cc2C)SC1=Nc1ccccc1. The van der Waals surface area contributed by atoms with Gasteiger partial charge in [-0.25, -0.2) is 4.99 Å². The molecule has 32 heavy (non-hydrogen) atoms. The Morgan fingerprint density at radius 1 is 1.09 bits per heavy atom. The average molecular weight is 450 g/mol. The van der Waals surface area contributed by atoms with Crippen LogP contribution < -0.4 is 4.90 Å². The number of hydrogen-bond acceptors (Lipinski definition) is 5. The lowest BCUT2D eigenvalue weighted by Gasteiger charge is -2.29. The predicted molar refractivity (Wildman–Crippen MR) is 135 cm³/mol. The molecule has 2 aromatic carbocycles. The highest BCUT2D eigenvalue weighted by Gasteiger charge is 2.33. The van der Waals surface area contributed by atoms with Crippen molar-refractivity contribution in [3.63, 3.8) is 0 Å². The molecule has 6 heteroatoms. The second-order valence-corrected chi connectivity index (χ2v) is 9.09. The van der Waals surface area contributed by atoms with Crippen LogP contribution in [-0.2, 0) is 9.53 Å².